The van der Waals surface area contributed by atoms with Gasteiger partial charge in [-0.15, -0.1) is 0 Å². The van der Waals surface area contributed by atoms with E-state index in [1.807, 2.05) is 6.92 Å². The number of rotatable bonds is 3. The third kappa shape index (κ3) is 1.87. The van der Waals surface area contributed by atoms with Crippen LogP contribution < -0.4 is 0 Å². The lowest BCUT2D eigenvalue weighted by molar-refractivity contribution is -0.383. The molecule has 1 heterocycles. The molecule has 0 aliphatic heterocycles. The highest BCUT2D eigenvalue weighted by Crippen LogP contribution is 2.35. The van der Waals surface area contributed by atoms with Crippen LogP contribution in [0.3, 0.4) is 0 Å². The lowest BCUT2D eigenvalue weighted by Gasteiger charge is -2.00. The fourth-order valence-corrected chi connectivity index (χ4v) is 2.23. The predicted molar refractivity (Wildman–Crippen MR) is 65.5 cm³/mol. The molecule has 0 atom stereocenters. The van der Waals surface area contributed by atoms with Gasteiger partial charge in [0.15, 0.2) is 0 Å². The smallest absolute Gasteiger partial charge is 0.279 e. The number of hydrogen-bond donors (Lipinski definition) is 2. The zero-order valence-electron chi connectivity index (χ0n) is 9.16. The van der Waals surface area contributed by atoms with Gasteiger partial charge in [0.25, 0.3) is 5.69 Å². The summed E-state index contributed by atoms with van der Waals surface area (Å²) in [7, 11) is 0. The molecule has 2 N–H and O–H groups in total. The quantitative estimate of drug-likeness (QED) is 0.653. The monoisotopic (exact) mass is 254 g/mol. The summed E-state index contributed by atoms with van der Waals surface area (Å²) < 4.78 is 0. The normalized spacial score (nSPS) is 11.0. The van der Waals surface area contributed by atoms with Gasteiger partial charge >= 0.3 is 0 Å². The first-order valence-corrected chi connectivity index (χ1v) is 5.49. The molecule has 17 heavy (non-hydrogen) atoms. The van der Waals surface area contributed by atoms with Crippen molar-refractivity contribution >= 4 is 28.2 Å². The maximum Gasteiger partial charge on any atom is 0.279 e. The molecule has 0 aliphatic rings. The molecule has 2 rings (SSSR count). The number of nitro groups is 1. The Labute approximate surface area is 102 Å². The van der Waals surface area contributed by atoms with Crippen molar-refractivity contribution in [3.63, 3.8) is 0 Å². The first-order valence-electron chi connectivity index (χ1n) is 5.11. The summed E-state index contributed by atoms with van der Waals surface area (Å²) in [6, 6.07) is 2.89. The van der Waals surface area contributed by atoms with Gasteiger partial charge in [-0.1, -0.05) is 11.6 Å². The van der Waals surface area contributed by atoms with Crippen LogP contribution >= 0.6 is 11.6 Å². The number of nitro benzene ring substituents is 1. The van der Waals surface area contributed by atoms with Crippen LogP contribution in [0.15, 0.2) is 12.1 Å². The van der Waals surface area contributed by atoms with E-state index < -0.39 is 4.92 Å². The van der Waals surface area contributed by atoms with Gasteiger partial charge in [0, 0.05) is 18.4 Å². The summed E-state index contributed by atoms with van der Waals surface area (Å²) in [6.45, 7) is 1.75. The number of aliphatic hydroxyl groups is 1. The Balaban J connectivity index is 2.84. The van der Waals surface area contributed by atoms with E-state index >= 15 is 0 Å². The maximum absolute atomic E-state index is 11.0. The lowest BCUT2D eigenvalue weighted by atomic mass is 10.1. The van der Waals surface area contributed by atoms with Crippen LogP contribution in [-0.2, 0) is 6.42 Å². The standard InChI is InChI=1S/C11H11ClN2O3/c1-6-7(4-5-15)10-9(14(16)17)3-2-8(12)11(10)13-6/h2-3,13,15H,4-5H2,1H3. The zero-order chi connectivity index (χ0) is 12.6. The second kappa shape index (κ2) is 4.35. The van der Waals surface area contributed by atoms with E-state index in [0.29, 0.717) is 22.3 Å². The van der Waals surface area contributed by atoms with Crippen molar-refractivity contribution < 1.29 is 10.0 Å². The maximum atomic E-state index is 11.0. The molecule has 1 aromatic carbocycles. The van der Waals surface area contributed by atoms with Crippen molar-refractivity contribution in [2.75, 3.05) is 6.61 Å². The number of halogens is 1. The number of benzene rings is 1. The summed E-state index contributed by atoms with van der Waals surface area (Å²) >= 11 is 6.00. The van der Waals surface area contributed by atoms with Gasteiger partial charge < -0.3 is 10.1 Å². The number of aryl methyl sites for hydroxylation is 1. The molecule has 0 radical (unpaired) electrons. The summed E-state index contributed by atoms with van der Waals surface area (Å²) in [5, 5.41) is 20.9. The molecule has 90 valence electrons. The van der Waals surface area contributed by atoms with Gasteiger partial charge in [0.2, 0.25) is 0 Å². The van der Waals surface area contributed by atoms with Gasteiger partial charge in [-0.2, -0.15) is 0 Å². The Morgan fingerprint density at radius 1 is 1.53 bits per heavy atom. The van der Waals surface area contributed by atoms with E-state index in [2.05, 4.69) is 4.98 Å². The van der Waals surface area contributed by atoms with E-state index in [4.69, 9.17) is 16.7 Å². The molecule has 1 aromatic heterocycles. The summed E-state index contributed by atoms with van der Waals surface area (Å²) in [5.74, 6) is 0. The first kappa shape index (κ1) is 11.9. The van der Waals surface area contributed by atoms with Crippen LogP contribution in [-0.4, -0.2) is 21.6 Å². The minimum atomic E-state index is -0.438. The van der Waals surface area contributed by atoms with Crippen LogP contribution in [0, 0.1) is 17.0 Å². The molecule has 0 amide bonds. The highest BCUT2D eigenvalue weighted by atomic mass is 35.5. The molecule has 6 heteroatoms. The third-order valence-corrected chi connectivity index (χ3v) is 3.07. The van der Waals surface area contributed by atoms with E-state index in [1.54, 1.807) is 0 Å². The number of non-ortho nitro benzene ring substituents is 1. The molecular formula is C11H11ClN2O3. The van der Waals surface area contributed by atoms with Gasteiger partial charge in [-0.3, -0.25) is 10.1 Å². The van der Waals surface area contributed by atoms with Gasteiger partial charge in [0.05, 0.1) is 20.8 Å². The van der Waals surface area contributed by atoms with Crippen LogP contribution in [0.2, 0.25) is 5.02 Å². The highest BCUT2D eigenvalue weighted by Gasteiger charge is 2.20. The van der Waals surface area contributed by atoms with E-state index in [9.17, 15) is 10.1 Å². The SMILES string of the molecule is Cc1[nH]c2c(Cl)ccc([N+](=O)[O-])c2c1CCO. The average Bonchev–Trinajstić information content (AvgIpc) is 2.58. The molecule has 0 unspecified atom stereocenters. The average molecular weight is 255 g/mol. The van der Waals surface area contributed by atoms with Crippen molar-refractivity contribution in [2.24, 2.45) is 0 Å². The topological polar surface area (TPSA) is 79.2 Å². The van der Waals surface area contributed by atoms with Crippen LogP contribution in [0.5, 0.6) is 0 Å². The van der Waals surface area contributed by atoms with Gasteiger partial charge in [0.1, 0.15) is 0 Å². The first-order chi connectivity index (χ1) is 8.06. The lowest BCUT2D eigenvalue weighted by Crippen LogP contribution is -1.94. The van der Waals surface area contributed by atoms with E-state index in [1.165, 1.54) is 12.1 Å². The largest absolute Gasteiger partial charge is 0.396 e. The highest BCUT2D eigenvalue weighted by molar-refractivity contribution is 6.35. The van der Waals surface area contributed by atoms with Crippen molar-refractivity contribution in [2.45, 2.75) is 13.3 Å². The second-order valence-corrected chi connectivity index (χ2v) is 4.18. The molecule has 0 aliphatic carbocycles. The second-order valence-electron chi connectivity index (χ2n) is 3.78. The Hall–Kier alpha value is -1.59. The molecule has 0 saturated carbocycles. The number of H-pyrrole nitrogens is 1. The number of nitrogens with one attached hydrogen (secondary N) is 1. The van der Waals surface area contributed by atoms with E-state index in [0.717, 1.165) is 11.3 Å². The van der Waals surface area contributed by atoms with Crippen molar-refractivity contribution in [3.8, 4) is 0 Å². The molecule has 5 nitrogen and oxygen atoms in total. The Kier molecular flexibility index (Phi) is 3.04. The fourth-order valence-electron chi connectivity index (χ4n) is 2.02. The minimum Gasteiger partial charge on any atom is -0.396 e. The Bertz CT molecular complexity index is 592. The molecule has 0 bridgehead atoms. The van der Waals surface area contributed by atoms with Gasteiger partial charge in [-0.25, -0.2) is 0 Å². The number of hydrogen-bond acceptors (Lipinski definition) is 3. The molecule has 2 aromatic rings. The molecule has 0 saturated heterocycles. The van der Waals surface area contributed by atoms with Crippen LogP contribution in [0.25, 0.3) is 10.9 Å². The number of aliphatic hydroxyl groups excluding tert-OH is 1. The van der Waals surface area contributed by atoms with Gasteiger partial charge in [-0.05, 0) is 25.0 Å². The number of aromatic nitrogens is 1. The molecule has 0 fully saturated rings. The number of nitrogens with zero attached hydrogens (tertiary/aromatic N) is 1. The summed E-state index contributed by atoms with van der Waals surface area (Å²) in [5.41, 5.74) is 2.11. The van der Waals surface area contributed by atoms with Crippen LogP contribution in [0.4, 0.5) is 5.69 Å². The number of aromatic amines is 1. The van der Waals surface area contributed by atoms with E-state index in [-0.39, 0.29) is 12.3 Å². The minimum absolute atomic E-state index is 0.0113. The van der Waals surface area contributed by atoms with Crippen molar-refractivity contribution in [1.82, 2.24) is 4.98 Å². The van der Waals surface area contributed by atoms with Crippen molar-refractivity contribution in [3.05, 3.63) is 38.5 Å². The fraction of sp³-hybridized carbons (Fsp3) is 0.273. The van der Waals surface area contributed by atoms with Crippen LogP contribution in [0.1, 0.15) is 11.3 Å². The number of fused-ring (bicyclic) bond motifs is 1. The van der Waals surface area contributed by atoms with Crippen molar-refractivity contribution in [1.29, 1.82) is 0 Å². The molecule has 0 spiro atoms. The zero-order valence-corrected chi connectivity index (χ0v) is 9.91. The third-order valence-electron chi connectivity index (χ3n) is 2.76. The molecular weight excluding hydrogens is 244 g/mol. The Morgan fingerprint density at radius 2 is 2.24 bits per heavy atom. The predicted octanol–water partition coefficient (Wildman–Crippen LogP) is 2.57. The summed E-state index contributed by atoms with van der Waals surface area (Å²) in [4.78, 5) is 13.6. The summed E-state index contributed by atoms with van der Waals surface area (Å²) in [6.07, 6.45) is 0.368. The Morgan fingerprint density at radius 3 is 2.82 bits per heavy atom.